The van der Waals surface area contributed by atoms with Gasteiger partial charge >= 0.3 is 0 Å². The van der Waals surface area contributed by atoms with E-state index >= 15 is 0 Å². The lowest BCUT2D eigenvalue weighted by Gasteiger charge is -2.32. The number of ether oxygens (including phenoxy) is 1. The molecule has 0 bridgehead atoms. The van der Waals surface area contributed by atoms with E-state index in [1.807, 2.05) is 29.2 Å². The minimum Gasteiger partial charge on any atom is -0.375 e. The summed E-state index contributed by atoms with van der Waals surface area (Å²) in [5, 5.41) is 10.8. The first kappa shape index (κ1) is 21.5. The van der Waals surface area contributed by atoms with Crippen LogP contribution in [-0.4, -0.2) is 59.6 Å². The van der Waals surface area contributed by atoms with E-state index in [-0.39, 0.29) is 24.4 Å². The molecule has 4 heterocycles. The van der Waals surface area contributed by atoms with E-state index in [4.69, 9.17) is 4.74 Å². The third kappa shape index (κ3) is 5.46. The zero-order chi connectivity index (χ0) is 19.3. The van der Waals surface area contributed by atoms with Gasteiger partial charge in [-0.1, -0.05) is 6.07 Å². The molecule has 2 aromatic heterocycles. The monoisotopic (exact) mass is 420 g/mol. The van der Waals surface area contributed by atoms with Gasteiger partial charge in [0.25, 0.3) is 5.91 Å². The van der Waals surface area contributed by atoms with Crippen LogP contribution in [0.25, 0.3) is 0 Å². The van der Waals surface area contributed by atoms with Crippen LogP contribution in [0, 0.1) is 0 Å². The number of nitrogens with one attached hydrogen (secondary N) is 2. The molecule has 2 aliphatic heterocycles. The molecule has 2 aliphatic rings. The van der Waals surface area contributed by atoms with Gasteiger partial charge < -0.3 is 20.3 Å². The Labute approximate surface area is 177 Å². The van der Waals surface area contributed by atoms with E-state index in [0.717, 1.165) is 57.0 Å². The summed E-state index contributed by atoms with van der Waals surface area (Å²) in [5.74, 6) is 0.790. The summed E-state index contributed by atoms with van der Waals surface area (Å²) in [7, 11) is 0. The molecule has 2 atom stereocenters. The molecule has 2 aromatic rings. The van der Waals surface area contributed by atoms with Crippen LogP contribution in [0.2, 0.25) is 0 Å². The molecular weight excluding hydrogens is 392 g/mol. The van der Waals surface area contributed by atoms with Crippen molar-refractivity contribution in [1.29, 1.82) is 0 Å². The Hall–Kier alpha value is -2.16. The highest BCUT2D eigenvalue weighted by Crippen LogP contribution is 2.17. The van der Waals surface area contributed by atoms with Crippen molar-refractivity contribution >= 4 is 24.1 Å². The first-order chi connectivity index (χ1) is 13.7. The van der Waals surface area contributed by atoms with E-state index < -0.39 is 0 Å². The minimum absolute atomic E-state index is 0. The zero-order valence-electron chi connectivity index (χ0n) is 16.7. The number of rotatable bonds is 5. The number of morpholine rings is 1. The molecule has 29 heavy (non-hydrogen) atoms. The van der Waals surface area contributed by atoms with E-state index in [1.165, 1.54) is 0 Å². The smallest absolute Gasteiger partial charge is 0.272 e. The number of nitrogens with zero attached hydrogens (tertiary/aromatic N) is 4. The highest BCUT2D eigenvalue weighted by atomic mass is 35.5. The van der Waals surface area contributed by atoms with Crippen molar-refractivity contribution in [1.82, 2.24) is 25.4 Å². The molecule has 2 N–H and O–H groups in total. The predicted molar refractivity (Wildman–Crippen MR) is 114 cm³/mol. The molecule has 0 spiro atoms. The third-order valence-corrected chi connectivity index (χ3v) is 5.31. The molecule has 2 fully saturated rings. The van der Waals surface area contributed by atoms with E-state index in [2.05, 4.69) is 32.5 Å². The Morgan fingerprint density at radius 3 is 3.00 bits per heavy atom. The Morgan fingerprint density at radius 2 is 2.28 bits per heavy atom. The summed E-state index contributed by atoms with van der Waals surface area (Å²) in [6, 6.07) is 6.12. The standard InChI is InChI=1S/C20H28N6O2.ClH/c1-15-14-25(9-10-28-15)19-5-4-16(11-22-19)12-23-20(27)18-6-8-26(24-18)17-3-2-7-21-13-17;/h4-6,8,11,15,17,21H,2-3,7,9-10,12-14H2,1H3,(H,23,27);1H. The fraction of sp³-hybridized carbons (Fsp3) is 0.550. The zero-order valence-corrected chi connectivity index (χ0v) is 17.5. The van der Waals surface area contributed by atoms with Crippen LogP contribution in [0.4, 0.5) is 5.82 Å². The van der Waals surface area contributed by atoms with Gasteiger partial charge in [-0.15, -0.1) is 12.4 Å². The third-order valence-electron chi connectivity index (χ3n) is 5.31. The molecule has 158 valence electrons. The quantitative estimate of drug-likeness (QED) is 0.767. The Bertz CT molecular complexity index is 791. The molecule has 8 nitrogen and oxygen atoms in total. The summed E-state index contributed by atoms with van der Waals surface area (Å²) < 4.78 is 7.48. The molecule has 0 aliphatic carbocycles. The average Bonchev–Trinajstić information content (AvgIpc) is 3.23. The molecule has 0 radical (unpaired) electrons. The lowest BCUT2D eigenvalue weighted by Crippen LogP contribution is -2.41. The van der Waals surface area contributed by atoms with Gasteiger partial charge in [0.2, 0.25) is 0 Å². The van der Waals surface area contributed by atoms with E-state index in [0.29, 0.717) is 18.3 Å². The predicted octanol–water partition coefficient (Wildman–Crippen LogP) is 1.78. The van der Waals surface area contributed by atoms with Crippen LogP contribution < -0.4 is 15.5 Å². The topological polar surface area (TPSA) is 84.3 Å². The largest absolute Gasteiger partial charge is 0.375 e. The molecule has 9 heteroatoms. The maximum absolute atomic E-state index is 12.4. The number of amides is 1. The van der Waals surface area contributed by atoms with Crippen molar-refractivity contribution in [2.75, 3.05) is 37.7 Å². The second-order valence-electron chi connectivity index (χ2n) is 7.52. The van der Waals surface area contributed by atoms with Crippen LogP contribution >= 0.6 is 12.4 Å². The van der Waals surface area contributed by atoms with Crippen LogP contribution in [0.5, 0.6) is 0 Å². The Kier molecular flexibility index (Phi) is 7.46. The van der Waals surface area contributed by atoms with Gasteiger partial charge in [0.15, 0.2) is 0 Å². The number of carbonyl (C=O) groups excluding carboxylic acids is 1. The van der Waals surface area contributed by atoms with E-state index in [1.54, 1.807) is 6.07 Å². The maximum atomic E-state index is 12.4. The number of hydrogen-bond donors (Lipinski definition) is 2. The minimum atomic E-state index is -0.159. The second kappa shape index (κ2) is 10.0. The normalized spacial score (nSPS) is 22.0. The Balaban J connectivity index is 0.00000240. The van der Waals surface area contributed by atoms with Crippen molar-refractivity contribution in [3.05, 3.63) is 41.9 Å². The number of piperidine rings is 1. The van der Waals surface area contributed by atoms with E-state index in [9.17, 15) is 4.79 Å². The summed E-state index contributed by atoms with van der Waals surface area (Å²) in [6.07, 6.45) is 6.17. The van der Waals surface area contributed by atoms with Gasteiger partial charge in [0, 0.05) is 38.6 Å². The van der Waals surface area contributed by atoms with Crippen molar-refractivity contribution in [3.63, 3.8) is 0 Å². The second-order valence-corrected chi connectivity index (χ2v) is 7.52. The maximum Gasteiger partial charge on any atom is 0.272 e. The number of halogens is 1. The van der Waals surface area contributed by atoms with Gasteiger partial charge in [-0.25, -0.2) is 4.98 Å². The fourth-order valence-electron chi connectivity index (χ4n) is 3.73. The highest BCUT2D eigenvalue weighted by Gasteiger charge is 2.19. The highest BCUT2D eigenvalue weighted by molar-refractivity contribution is 5.92. The first-order valence-electron chi connectivity index (χ1n) is 10.0. The van der Waals surface area contributed by atoms with Gasteiger partial charge in [-0.05, 0) is 44.0 Å². The molecule has 2 saturated heterocycles. The van der Waals surface area contributed by atoms with Crippen LogP contribution in [0.1, 0.15) is 41.9 Å². The Morgan fingerprint density at radius 1 is 1.38 bits per heavy atom. The summed E-state index contributed by atoms with van der Waals surface area (Å²) in [5.41, 5.74) is 1.42. The molecule has 1 amide bonds. The first-order valence-corrected chi connectivity index (χ1v) is 10.0. The lowest BCUT2D eigenvalue weighted by molar-refractivity contribution is 0.0529. The van der Waals surface area contributed by atoms with Crippen LogP contribution in [0.3, 0.4) is 0 Å². The molecule has 4 rings (SSSR count). The lowest BCUT2D eigenvalue weighted by atomic mass is 10.1. The molecule has 0 saturated carbocycles. The fourth-order valence-corrected chi connectivity index (χ4v) is 3.73. The number of aromatic nitrogens is 3. The molecule has 0 aromatic carbocycles. The average molecular weight is 421 g/mol. The van der Waals surface area contributed by atoms with Gasteiger partial charge in [-0.2, -0.15) is 5.10 Å². The van der Waals surface area contributed by atoms with Crippen LogP contribution in [0.15, 0.2) is 30.6 Å². The summed E-state index contributed by atoms with van der Waals surface area (Å²) in [4.78, 5) is 19.2. The van der Waals surface area contributed by atoms with Crippen molar-refractivity contribution in [2.45, 2.75) is 38.5 Å². The number of hydrogen-bond acceptors (Lipinski definition) is 6. The van der Waals surface area contributed by atoms with Gasteiger partial charge in [0.1, 0.15) is 11.5 Å². The molecule has 2 unspecified atom stereocenters. The summed E-state index contributed by atoms with van der Waals surface area (Å²) in [6.45, 7) is 6.90. The number of pyridine rings is 1. The van der Waals surface area contributed by atoms with Crippen molar-refractivity contribution < 1.29 is 9.53 Å². The summed E-state index contributed by atoms with van der Waals surface area (Å²) >= 11 is 0. The SMILES string of the molecule is CC1CN(c2ccc(CNC(=O)c3ccn(C4CCCNC4)n3)cn2)CCO1.Cl. The van der Waals surface area contributed by atoms with Gasteiger partial charge in [0.05, 0.1) is 18.8 Å². The number of anilines is 1. The van der Waals surface area contributed by atoms with Crippen molar-refractivity contribution in [3.8, 4) is 0 Å². The van der Waals surface area contributed by atoms with Crippen LogP contribution in [-0.2, 0) is 11.3 Å². The molecular formula is C20H29ClN6O2. The van der Waals surface area contributed by atoms with Gasteiger partial charge in [-0.3, -0.25) is 9.48 Å². The number of carbonyl (C=O) groups is 1. The van der Waals surface area contributed by atoms with Crippen molar-refractivity contribution in [2.24, 2.45) is 0 Å².